The molecular weight excluding hydrogens is 391 g/mol. The molecular formula is C18H24Cl2N4OS. The Bertz CT molecular complexity index is 736. The summed E-state index contributed by atoms with van der Waals surface area (Å²) < 4.78 is 1.97. The lowest BCUT2D eigenvalue weighted by atomic mass is 10.1. The Morgan fingerprint density at radius 1 is 1.19 bits per heavy atom. The number of unbranched alkanes of at least 4 members (excludes halogenated alkanes) is 4. The molecule has 0 atom stereocenters. The summed E-state index contributed by atoms with van der Waals surface area (Å²) in [5.41, 5.74) is 0.549. The van der Waals surface area contributed by atoms with Gasteiger partial charge in [-0.2, -0.15) is 0 Å². The van der Waals surface area contributed by atoms with E-state index in [9.17, 15) is 4.79 Å². The summed E-state index contributed by atoms with van der Waals surface area (Å²) in [6.45, 7) is 2.21. The summed E-state index contributed by atoms with van der Waals surface area (Å²) in [6, 6.07) is 4.97. The maximum Gasteiger partial charge on any atom is 0.234 e. The number of aromatic nitrogens is 3. The molecule has 0 aliphatic heterocycles. The van der Waals surface area contributed by atoms with E-state index in [-0.39, 0.29) is 11.7 Å². The molecule has 1 aromatic heterocycles. The van der Waals surface area contributed by atoms with Crippen LogP contribution < -0.4 is 5.32 Å². The Hall–Kier alpha value is -1.24. The van der Waals surface area contributed by atoms with E-state index in [2.05, 4.69) is 22.4 Å². The van der Waals surface area contributed by atoms with Crippen molar-refractivity contribution in [2.24, 2.45) is 7.05 Å². The Morgan fingerprint density at radius 3 is 2.69 bits per heavy atom. The minimum absolute atomic E-state index is 0.150. The average Bonchev–Trinajstić information content (AvgIpc) is 2.95. The lowest BCUT2D eigenvalue weighted by Crippen LogP contribution is -2.14. The summed E-state index contributed by atoms with van der Waals surface area (Å²) in [5.74, 6) is 1.05. The maximum atomic E-state index is 12.1. The van der Waals surface area contributed by atoms with Gasteiger partial charge < -0.3 is 9.88 Å². The first kappa shape index (κ1) is 21.1. The van der Waals surface area contributed by atoms with Gasteiger partial charge in [0.1, 0.15) is 5.82 Å². The second kappa shape index (κ2) is 10.8. The quantitative estimate of drug-likeness (QED) is 0.419. The van der Waals surface area contributed by atoms with E-state index in [1.165, 1.54) is 37.4 Å². The standard InChI is InChI=1S/C18H24Cl2N4OS/c1-3-4-5-6-7-8-16-22-23-18(24(16)2)26-12-17(25)21-15-10-9-13(19)11-14(15)20/h9-11H,3-8,12H2,1-2H3,(H,21,25). The first-order valence-electron chi connectivity index (χ1n) is 8.77. The first-order chi connectivity index (χ1) is 12.5. The van der Waals surface area contributed by atoms with Crippen LogP contribution in [-0.4, -0.2) is 26.4 Å². The molecule has 1 heterocycles. The van der Waals surface area contributed by atoms with E-state index in [1.807, 2.05) is 11.6 Å². The van der Waals surface area contributed by atoms with Gasteiger partial charge in [0.25, 0.3) is 0 Å². The number of nitrogens with zero attached hydrogens (tertiary/aromatic N) is 3. The van der Waals surface area contributed by atoms with Gasteiger partial charge in [-0.05, 0) is 24.6 Å². The number of amides is 1. The number of anilines is 1. The first-order valence-corrected chi connectivity index (χ1v) is 10.5. The predicted molar refractivity (Wildman–Crippen MR) is 109 cm³/mol. The van der Waals surface area contributed by atoms with Crippen LogP contribution in [0.2, 0.25) is 10.0 Å². The third kappa shape index (κ3) is 6.49. The van der Waals surface area contributed by atoms with Crippen LogP contribution in [0.25, 0.3) is 0 Å². The number of carbonyl (C=O) groups is 1. The molecule has 2 aromatic rings. The van der Waals surface area contributed by atoms with Crippen LogP contribution in [-0.2, 0) is 18.3 Å². The molecule has 0 spiro atoms. The predicted octanol–water partition coefficient (Wildman–Crippen LogP) is 5.37. The van der Waals surface area contributed by atoms with Crippen molar-refractivity contribution in [3.8, 4) is 0 Å². The molecule has 5 nitrogen and oxygen atoms in total. The van der Waals surface area contributed by atoms with Crippen molar-refractivity contribution in [1.82, 2.24) is 14.8 Å². The van der Waals surface area contributed by atoms with Crippen LogP contribution in [0.3, 0.4) is 0 Å². The monoisotopic (exact) mass is 414 g/mol. The van der Waals surface area contributed by atoms with Crippen molar-refractivity contribution in [2.75, 3.05) is 11.1 Å². The highest BCUT2D eigenvalue weighted by molar-refractivity contribution is 7.99. The molecule has 8 heteroatoms. The molecule has 142 valence electrons. The summed E-state index contributed by atoms with van der Waals surface area (Å²) in [7, 11) is 1.94. The van der Waals surface area contributed by atoms with Gasteiger partial charge in [0.05, 0.1) is 16.5 Å². The number of nitrogens with one attached hydrogen (secondary N) is 1. The fraction of sp³-hybridized carbons (Fsp3) is 0.500. The van der Waals surface area contributed by atoms with Gasteiger partial charge in [-0.1, -0.05) is 67.6 Å². The van der Waals surface area contributed by atoms with Crippen molar-refractivity contribution in [3.63, 3.8) is 0 Å². The molecule has 26 heavy (non-hydrogen) atoms. The zero-order valence-electron chi connectivity index (χ0n) is 15.1. The minimum atomic E-state index is -0.150. The molecule has 0 saturated carbocycles. The third-order valence-corrected chi connectivity index (χ3v) is 5.53. The fourth-order valence-corrected chi connectivity index (χ4v) is 3.67. The molecule has 1 amide bonds. The molecule has 0 bridgehead atoms. The van der Waals surface area contributed by atoms with Crippen molar-refractivity contribution >= 4 is 46.6 Å². The topological polar surface area (TPSA) is 59.8 Å². The molecule has 0 radical (unpaired) electrons. The van der Waals surface area contributed by atoms with Crippen LogP contribution in [0, 0.1) is 0 Å². The number of aryl methyl sites for hydroxylation is 1. The second-order valence-electron chi connectivity index (χ2n) is 6.08. The van der Waals surface area contributed by atoms with Crippen LogP contribution in [0.15, 0.2) is 23.4 Å². The summed E-state index contributed by atoms with van der Waals surface area (Å²) in [5, 5.41) is 12.9. The molecule has 0 saturated heterocycles. The lowest BCUT2D eigenvalue weighted by Gasteiger charge is -2.07. The normalized spacial score (nSPS) is 10.9. The van der Waals surface area contributed by atoms with Gasteiger partial charge in [0, 0.05) is 18.5 Å². The SMILES string of the molecule is CCCCCCCc1nnc(SCC(=O)Nc2ccc(Cl)cc2Cl)n1C. The second-order valence-corrected chi connectivity index (χ2v) is 7.87. The van der Waals surface area contributed by atoms with Crippen molar-refractivity contribution in [3.05, 3.63) is 34.1 Å². The minimum Gasteiger partial charge on any atom is -0.324 e. The third-order valence-electron chi connectivity index (χ3n) is 3.97. The number of benzene rings is 1. The Morgan fingerprint density at radius 2 is 1.96 bits per heavy atom. The van der Waals surface area contributed by atoms with E-state index in [4.69, 9.17) is 23.2 Å². The summed E-state index contributed by atoms with van der Waals surface area (Å²) >= 11 is 13.3. The Balaban J connectivity index is 1.80. The van der Waals surface area contributed by atoms with Crippen LogP contribution in [0.1, 0.15) is 44.9 Å². The number of hydrogen-bond acceptors (Lipinski definition) is 4. The molecule has 1 N–H and O–H groups in total. The van der Waals surface area contributed by atoms with Gasteiger partial charge in [-0.15, -0.1) is 10.2 Å². The smallest absolute Gasteiger partial charge is 0.234 e. The number of halogens is 2. The van der Waals surface area contributed by atoms with E-state index >= 15 is 0 Å². The highest BCUT2D eigenvalue weighted by Gasteiger charge is 2.12. The Kier molecular flexibility index (Phi) is 8.75. The molecule has 0 aliphatic carbocycles. The van der Waals surface area contributed by atoms with Crippen molar-refractivity contribution in [2.45, 2.75) is 50.6 Å². The zero-order chi connectivity index (χ0) is 18.9. The Labute approximate surface area is 168 Å². The van der Waals surface area contributed by atoms with E-state index < -0.39 is 0 Å². The van der Waals surface area contributed by atoms with Gasteiger partial charge >= 0.3 is 0 Å². The molecule has 0 fully saturated rings. The summed E-state index contributed by atoms with van der Waals surface area (Å²) in [4.78, 5) is 12.1. The highest BCUT2D eigenvalue weighted by atomic mass is 35.5. The molecule has 0 unspecified atom stereocenters. The molecule has 1 aromatic carbocycles. The highest BCUT2D eigenvalue weighted by Crippen LogP contribution is 2.26. The lowest BCUT2D eigenvalue weighted by molar-refractivity contribution is -0.113. The van der Waals surface area contributed by atoms with Crippen molar-refractivity contribution in [1.29, 1.82) is 0 Å². The number of rotatable bonds is 10. The largest absolute Gasteiger partial charge is 0.324 e. The number of thioether (sulfide) groups is 1. The van der Waals surface area contributed by atoms with Crippen molar-refractivity contribution < 1.29 is 4.79 Å². The van der Waals surface area contributed by atoms with Crippen LogP contribution in [0.4, 0.5) is 5.69 Å². The van der Waals surface area contributed by atoms with E-state index in [0.29, 0.717) is 15.7 Å². The van der Waals surface area contributed by atoms with Crippen LogP contribution in [0.5, 0.6) is 0 Å². The average molecular weight is 415 g/mol. The van der Waals surface area contributed by atoms with Gasteiger partial charge in [-0.3, -0.25) is 4.79 Å². The molecule has 0 aliphatic rings. The maximum absolute atomic E-state index is 12.1. The number of carbonyl (C=O) groups excluding carboxylic acids is 1. The van der Waals surface area contributed by atoms with Gasteiger partial charge in [-0.25, -0.2) is 0 Å². The number of hydrogen-bond donors (Lipinski definition) is 1. The fourth-order valence-electron chi connectivity index (χ4n) is 2.48. The molecule has 2 rings (SSSR count). The summed E-state index contributed by atoms with van der Waals surface area (Å²) in [6.07, 6.45) is 7.05. The van der Waals surface area contributed by atoms with E-state index in [0.717, 1.165) is 23.8 Å². The van der Waals surface area contributed by atoms with Gasteiger partial charge in [0.2, 0.25) is 5.91 Å². The van der Waals surface area contributed by atoms with Crippen LogP contribution >= 0.6 is 35.0 Å². The van der Waals surface area contributed by atoms with Gasteiger partial charge in [0.15, 0.2) is 5.16 Å². The van der Waals surface area contributed by atoms with E-state index in [1.54, 1.807) is 18.2 Å². The zero-order valence-corrected chi connectivity index (χ0v) is 17.4.